The van der Waals surface area contributed by atoms with Gasteiger partial charge in [0.1, 0.15) is 6.29 Å². The molecular formula is C12H12N2O. The third-order valence-corrected chi connectivity index (χ3v) is 2.34. The Labute approximate surface area is 88.4 Å². The Morgan fingerprint density at radius 1 is 1.33 bits per heavy atom. The van der Waals surface area contributed by atoms with Crippen molar-refractivity contribution in [1.82, 2.24) is 9.55 Å². The predicted molar refractivity (Wildman–Crippen MR) is 58.4 cm³/mol. The second kappa shape index (κ2) is 4.09. The lowest BCUT2D eigenvalue weighted by Crippen LogP contribution is -2.02. The Balaban J connectivity index is 2.32. The predicted octanol–water partition coefficient (Wildman–Crippen LogP) is 2.31. The molecule has 0 aliphatic heterocycles. The summed E-state index contributed by atoms with van der Waals surface area (Å²) in [5.41, 5.74) is 1.96. The summed E-state index contributed by atoms with van der Waals surface area (Å²) < 4.78 is 1.80. The topological polar surface area (TPSA) is 34.9 Å². The fourth-order valence-electron chi connectivity index (χ4n) is 1.39. The minimum absolute atomic E-state index is 0.157. The zero-order valence-electron chi connectivity index (χ0n) is 8.50. The van der Waals surface area contributed by atoms with E-state index in [1.54, 1.807) is 10.9 Å². The van der Waals surface area contributed by atoms with Crippen LogP contribution < -0.4 is 0 Å². The fraction of sp³-hybridized carbons (Fsp3) is 0.167. The minimum atomic E-state index is -0.157. The molecule has 3 heteroatoms. The maximum Gasteiger partial charge on any atom is 0.142 e. The molecule has 1 aromatic carbocycles. The minimum Gasteiger partial charge on any atom is -0.327 e. The van der Waals surface area contributed by atoms with Gasteiger partial charge in [0.25, 0.3) is 0 Å². The highest BCUT2D eigenvalue weighted by molar-refractivity contribution is 5.59. The van der Waals surface area contributed by atoms with E-state index in [1.807, 2.05) is 43.5 Å². The van der Waals surface area contributed by atoms with E-state index >= 15 is 0 Å². The molecule has 15 heavy (non-hydrogen) atoms. The second-order valence-electron chi connectivity index (χ2n) is 3.45. The van der Waals surface area contributed by atoms with Gasteiger partial charge in [0.05, 0.1) is 18.1 Å². The number of imidazole rings is 1. The van der Waals surface area contributed by atoms with Crippen molar-refractivity contribution in [3.05, 3.63) is 42.9 Å². The van der Waals surface area contributed by atoms with Gasteiger partial charge in [-0.2, -0.15) is 0 Å². The Morgan fingerprint density at radius 3 is 2.73 bits per heavy atom. The zero-order valence-corrected chi connectivity index (χ0v) is 8.50. The molecular weight excluding hydrogens is 188 g/mol. The molecule has 3 nitrogen and oxygen atoms in total. The van der Waals surface area contributed by atoms with Crippen molar-refractivity contribution in [2.24, 2.45) is 0 Å². The Kier molecular flexibility index (Phi) is 2.63. The number of nitrogens with zero attached hydrogens (tertiary/aromatic N) is 2. The first-order valence-corrected chi connectivity index (χ1v) is 4.85. The summed E-state index contributed by atoms with van der Waals surface area (Å²) in [6.07, 6.45) is 4.46. The van der Waals surface area contributed by atoms with Crippen LogP contribution in [0.25, 0.3) is 11.3 Å². The van der Waals surface area contributed by atoms with E-state index in [0.29, 0.717) is 0 Å². The van der Waals surface area contributed by atoms with Crippen molar-refractivity contribution in [2.45, 2.75) is 13.0 Å². The Hall–Kier alpha value is -1.90. The first-order chi connectivity index (χ1) is 7.31. The summed E-state index contributed by atoms with van der Waals surface area (Å²) in [4.78, 5) is 14.9. The summed E-state index contributed by atoms with van der Waals surface area (Å²) in [6, 6.07) is 9.75. The molecule has 1 unspecified atom stereocenters. The van der Waals surface area contributed by atoms with E-state index < -0.39 is 0 Å². The molecule has 0 spiro atoms. The largest absolute Gasteiger partial charge is 0.327 e. The van der Waals surface area contributed by atoms with Crippen LogP contribution in [-0.4, -0.2) is 15.8 Å². The number of aldehydes is 1. The Bertz CT molecular complexity index is 448. The molecule has 0 aliphatic rings. The van der Waals surface area contributed by atoms with Crippen molar-refractivity contribution in [1.29, 1.82) is 0 Å². The lowest BCUT2D eigenvalue weighted by atomic mass is 10.2. The van der Waals surface area contributed by atoms with Gasteiger partial charge in [-0.1, -0.05) is 30.3 Å². The fourth-order valence-corrected chi connectivity index (χ4v) is 1.39. The van der Waals surface area contributed by atoms with Crippen LogP contribution in [0.4, 0.5) is 0 Å². The van der Waals surface area contributed by atoms with Crippen molar-refractivity contribution < 1.29 is 4.79 Å². The molecule has 0 bridgehead atoms. The lowest BCUT2D eigenvalue weighted by Gasteiger charge is -2.02. The summed E-state index contributed by atoms with van der Waals surface area (Å²) in [5, 5.41) is 0. The van der Waals surface area contributed by atoms with Crippen LogP contribution >= 0.6 is 0 Å². The molecule has 1 aromatic heterocycles. The number of carbonyl (C=O) groups excluding carboxylic acids is 1. The number of rotatable bonds is 3. The quantitative estimate of drug-likeness (QED) is 0.712. The van der Waals surface area contributed by atoms with Gasteiger partial charge in [0, 0.05) is 11.8 Å². The van der Waals surface area contributed by atoms with Crippen molar-refractivity contribution in [2.75, 3.05) is 0 Å². The molecule has 2 aromatic rings. The molecule has 1 atom stereocenters. The molecule has 76 valence electrons. The van der Waals surface area contributed by atoms with E-state index in [2.05, 4.69) is 4.98 Å². The summed E-state index contributed by atoms with van der Waals surface area (Å²) in [5.74, 6) is 0. The molecule has 0 saturated heterocycles. The van der Waals surface area contributed by atoms with Gasteiger partial charge in [0.15, 0.2) is 0 Å². The highest BCUT2D eigenvalue weighted by atomic mass is 16.1. The molecule has 0 amide bonds. The van der Waals surface area contributed by atoms with Crippen molar-refractivity contribution >= 4 is 6.29 Å². The number of aromatic nitrogens is 2. The van der Waals surface area contributed by atoms with E-state index in [-0.39, 0.29) is 6.04 Å². The van der Waals surface area contributed by atoms with Gasteiger partial charge in [0.2, 0.25) is 0 Å². The van der Waals surface area contributed by atoms with Gasteiger partial charge in [-0.15, -0.1) is 0 Å². The van der Waals surface area contributed by atoms with Gasteiger partial charge in [-0.05, 0) is 6.92 Å². The van der Waals surface area contributed by atoms with E-state index in [0.717, 1.165) is 17.5 Å². The number of hydrogen-bond acceptors (Lipinski definition) is 2. The van der Waals surface area contributed by atoms with Crippen LogP contribution in [0, 0.1) is 0 Å². The number of benzene rings is 1. The van der Waals surface area contributed by atoms with Gasteiger partial charge >= 0.3 is 0 Å². The van der Waals surface area contributed by atoms with Crippen LogP contribution in [0.15, 0.2) is 42.9 Å². The normalized spacial score (nSPS) is 12.3. The molecule has 0 saturated carbocycles. The molecule has 0 aliphatic carbocycles. The standard InChI is InChI=1S/C12H12N2O/c1-10(8-15)14-7-12(13-9-14)11-5-3-2-4-6-11/h2-10H,1H3. The molecule has 2 rings (SSSR count). The average molecular weight is 200 g/mol. The van der Waals surface area contributed by atoms with Crippen molar-refractivity contribution in [3.63, 3.8) is 0 Å². The van der Waals surface area contributed by atoms with Gasteiger partial charge in [-0.25, -0.2) is 4.98 Å². The summed E-state index contributed by atoms with van der Waals surface area (Å²) in [6.45, 7) is 1.84. The second-order valence-corrected chi connectivity index (χ2v) is 3.45. The van der Waals surface area contributed by atoms with Crippen LogP contribution in [0.5, 0.6) is 0 Å². The zero-order chi connectivity index (χ0) is 10.7. The van der Waals surface area contributed by atoms with E-state index in [4.69, 9.17) is 0 Å². The highest BCUT2D eigenvalue weighted by Crippen LogP contribution is 2.17. The summed E-state index contributed by atoms with van der Waals surface area (Å²) >= 11 is 0. The third-order valence-electron chi connectivity index (χ3n) is 2.34. The van der Waals surface area contributed by atoms with Crippen LogP contribution in [0.1, 0.15) is 13.0 Å². The number of hydrogen-bond donors (Lipinski definition) is 0. The van der Waals surface area contributed by atoms with Crippen LogP contribution in [0.2, 0.25) is 0 Å². The highest BCUT2D eigenvalue weighted by Gasteiger charge is 2.05. The third kappa shape index (κ3) is 1.96. The smallest absolute Gasteiger partial charge is 0.142 e. The molecule has 0 N–H and O–H groups in total. The van der Waals surface area contributed by atoms with E-state index in [1.165, 1.54) is 0 Å². The maximum atomic E-state index is 10.6. The first-order valence-electron chi connectivity index (χ1n) is 4.85. The maximum absolute atomic E-state index is 10.6. The lowest BCUT2D eigenvalue weighted by molar-refractivity contribution is -0.110. The SMILES string of the molecule is CC(C=O)n1cnc(-c2ccccc2)c1. The summed E-state index contributed by atoms with van der Waals surface area (Å²) in [7, 11) is 0. The average Bonchev–Trinajstić information content (AvgIpc) is 2.78. The molecule has 1 heterocycles. The van der Waals surface area contributed by atoms with E-state index in [9.17, 15) is 4.79 Å². The van der Waals surface area contributed by atoms with Crippen LogP contribution in [0.3, 0.4) is 0 Å². The number of carbonyl (C=O) groups is 1. The van der Waals surface area contributed by atoms with Gasteiger partial charge < -0.3 is 9.36 Å². The van der Waals surface area contributed by atoms with Crippen molar-refractivity contribution in [3.8, 4) is 11.3 Å². The molecule has 0 fully saturated rings. The Morgan fingerprint density at radius 2 is 2.07 bits per heavy atom. The first kappa shape index (κ1) is 9.65. The monoisotopic (exact) mass is 200 g/mol. The van der Waals surface area contributed by atoms with Gasteiger partial charge in [-0.3, -0.25) is 0 Å². The molecule has 0 radical (unpaired) electrons. The van der Waals surface area contributed by atoms with Crippen LogP contribution in [-0.2, 0) is 4.79 Å².